The minimum Gasteiger partial charge on any atom is -0.308 e. The first-order valence-electron chi connectivity index (χ1n) is 8.30. The van der Waals surface area contributed by atoms with Gasteiger partial charge < -0.3 is 4.90 Å². The van der Waals surface area contributed by atoms with Crippen molar-refractivity contribution >= 4 is 45.0 Å². The lowest BCUT2D eigenvalue weighted by Gasteiger charge is -2.30. The first-order chi connectivity index (χ1) is 11.0. The van der Waals surface area contributed by atoms with Gasteiger partial charge in [0.05, 0.1) is 10.2 Å². The second-order valence-electron chi connectivity index (χ2n) is 6.77. The Morgan fingerprint density at radius 1 is 1.25 bits per heavy atom. The Morgan fingerprint density at radius 3 is 2.54 bits per heavy atom. The largest absolute Gasteiger partial charge is 0.308 e. The van der Waals surface area contributed by atoms with Gasteiger partial charge in [0, 0.05) is 19.0 Å². The molecule has 1 aromatic heterocycles. The van der Waals surface area contributed by atoms with Crippen molar-refractivity contribution in [2.75, 3.05) is 32.1 Å². The van der Waals surface area contributed by atoms with Gasteiger partial charge in [-0.2, -0.15) is 0 Å². The average Bonchev–Trinajstić information content (AvgIpc) is 2.85. The minimum absolute atomic E-state index is 0. The Labute approximate surface area is 154 Å². The molecule has 132 valence electrons. The van der Waals surface area contributed by atoms with Gasteiger partial charge in [0.1, 0.15) is 0 Å². The maximum absolute atomic E-state index is 12.8. The van der Waals surface area contributed by atoms with Crippen LogP contribution in [0.1, 0.15) is 30.4 Å². The molecule has 0 radical (unpaired) electrons. The van der Waals surface area contributed by atoms with E-state index < -0.39 is 0 Å². The highest BCUT2D eigenvalue weighted by Gasteiger charge is 2.31. The number of carbonyl (C=O) groups excluding carboxylic acids is 1. The molecule has 0 aliphatic heterocycles. The number of carbonyl (C=O) groups is 1. The van der Waals surface area contributed by atoms with Crippen molar-refractivity contribution < 1.29 is 4.79 Å². The Hall–Kier alpha value is -1.17. The summed E-state index contributed by atoms with van der Waals surface area (Å²) in [6, 6.07) is 4.26. The molecule has 0 bridgehead atoms. The second-order valence-corrected chi connectivity index (χ2v) is 7.78. The van der Waals surface area contributed by atoms with Crippen molar-refractivity contribution in [2.24, 2.45) is 5.92 Å². The molecule has 2 aromatic rings. The average molecular weight is 368 g/mol. The molecule has 0 saturated heterocycles. The summed E-state index contributed by atoms with van der Waals surface area (Å²) in [5.74, 6) is 0.457. The van der Waals surface area contributed by atoms with Gasteiger partial charge in [-0.3, -0.25) is 9.69 Å². The lowest BCUT2D eigenvalue weighted by molar-refractivity contribution is -0.124. The normalized spacial score (nSPS) is 14.5. The summed E-state index contributed by atoms with van der Waals surface area (Å²) in [6.45, 7) is 5.78. The molecule has 1 saturated carbocycles. The maximum Gasteiger partial charge on any atom is 0.231 e. The van der Waals surface area contributed by atoms with Crippen molar-refractivity contribution in [1.29, 1.82) is 0 Å². The highest BCUT2D eigenvalue weighted by atomic mass is 35.5. The van der Waals surface area contributed by atoms with E-state index in [9.17, 15) is 4.79 Å². The first kappa shape index (κ1) is 19.2. The zero-order valence-electron chi connectivity index (χ0n) is 14.8. The van der Waals surface area contributed by atoms with Gasteiger partial charge in [0.2, 0.25) is 5.91 Å². The highest BCUT2D eigenvalue weighted by Crippen LogP contribution is 2.35. The molecule has 3 rings (SSSR count). The van der Waals surface area contributed by atoms with E-state index in [1.165, 1.54) is 22.2 Å². The lowest BCUT2D eigenvalue weighted by Crippen LogP contribution is -2.42. The predicted molar refractivity (Wildman–Crippen MR) is 105 cm³/mol. The number of benzene rings is 1. The van der Waals surface area contributed by atoms with Crippen LogP contribution in [0.25, 0.3) is 10.2 Å². The van der Waals surface area contributed by atoms with Crippen LogP contribution in [0.4, 0.5) is 5.13 Å². The van der Waals surface area contributed by atoms with Crippen molar-refractivity contribution in [3.63, 3.8) is 0 Å². The van der Waals surface area contributed by atoms with Crippen LogP contribution in [-0.2, 0) is 4.79 Å². The second kappa shape index (κ2) is 7.81. The molecule has 6 heteroatoms. The number of amides is 1. The van der Waals surface area contributed by atoms with Crippen LogP contribution < -0.4 is 4.90 Å². The van der Waals surface area contributed by atoms with E-state index in [-0.39, 0.29) is 24.2 Å². The summed E-state index contributed by atoms with van der Waals surface area (Å²) in [4.78, 5) is 21.7. The fourth-order valence-corrected chi connectivity index (χ4v) is 3.86. The molecule has 1 fully saturated rings. The molecule has 1 aliphatic carbocycles. The van der Waals surface area contributed by atoms with Crippen LogP contribution in [0, 0.1) is 19.8 Å². The van der Waals surface area contributed by atoms with Crippen LogP contribution in [0.2, 0.25) is 0 Å². The third kappa shape index (κ3) is 3.73. The van der Waals surface area contributed by atoms with Crippen molar-refractivity contribution in [2.45, 2.75) is 33.1 Å². The summed E-state index contributed by atoms with van der Waals surface area (Å²) < 4.78 is 1.17. The summed E-state index contributed by atoms with van der Waals surface area (Å²) in [6.07, 6.45) is 3.23. The molecule has 0 unspecified atom stereocenters. The van der Waals surface area contributed by atoms with Gasteiger partial charge in [-0.05, 0) is 58.0 Å². The molecule has 1 amide bonds. The number of hydrogen-bond donors (Lipinski definition) is 0. The third-order valence-electron chi connectivity index (χ3n) is 4.80. The van der Waals surface area contributed by atoms with Crippen LogP contribution >= 0.6 is 23.7 Å². The molecular weight excluding hydrogens is 342 g/mol. The topological polar surface area (TPSA) is 36.4 Å². The zero-order chi connectivity index (χ0) is 16.6. The van der Waals surface area contributed by atoms with E-state index in [1.807, 2.05) is 19.0 Å². The Morgan fingerprint density at radius 2 is 1.96 bits per heavy atom. The highest BCUT2D eigenvalue weighted by molar-refractivity contribution is 7.22. The van der Waals surface area contributed by atoms with E-state index in [4.69, 9.17) is 4.98 Å². The van der Waals surface area contributed by atoms with Gasteiger partial charge in [0.15, 0.2) is 5.13 Å². The third-order valence-corrected chi connectivity index (χ3v) is 5.84. The molecule has 1 heterocycles. The number of rotatable bonds is 5. The van der Waals surface area contributed by atoms with Gasteiger partial charge in [-0.15, -0.1) is 12.4 Å². The SMILES string of the molecule is Cc1ccc2sc(N(CCN(C)C)C(=O)C3CCC3)nc2c1C.Cl. The molecule has 1 aliphatic rings. The van der Waals surface area contributed by atoms with Crippen molar-refractivity contribution in [1.82, 2.24) is 9.88 Å². The number of fused-ring (bicyclic) bond motifs is 1. The monoisotopic (exact) mass is 367 g/mol. The molecule has 1 aromatic carbocycles. The van der Waals surface area contributed by atoms with Crippen LogP contribution in [0.3, 0.4) is 0 Å². The number of aryl methyl sites for hydroxylation is 2. The van der Waals surface area contributed by atoms with E-state index in [1.54, 1.807) is 11.3 Å². The van der Waals surface area contributed by atoms with E-state index in [2.05, 4.69) is 30.9 Å². The summed E-state index contributed by atoms with van der Waals surface area (Å²) in [5.41, 5.74) is 3.51. The Bertz CT molecular complexity index is 724. The predicted octanol–water partition coefficient (Wildman–Crippen LogP) is 4.03. The number of anilines is 1. The van der Waals surface area contributed by atoms with Crippen LogP contribution in [0.15, 0.2) is 12.1 Å². The molecule has 4 nitrogen and oxygen atoms in total. The zero-order valence-corrected chi connectivity index (χ0v) is 16.5. The van der Waals surface area contributed by atoms with E-state index in [0.717, 1.165) is 30.0 Å². The smallest absolute Gasteiger partial charge is 0.231 e. The van der Waals surface area contributed by atoms with Crippen molar-refractivity contribution in [3.05, 3.63) is 23.3 Å². The summed E-state index contributed by atoms with van der Waals surface area (Å²) in [5, 5.41) is 0.854. The van der Waals surface area contributed by atoms with Gasteiger partial charge in [-0.25, -0.2) is 4.98 Å². The standard InChI is InChI=1S/C18H25N3OS.ClH/c1-12-8-9-15-16(13(12)2)19-18(23-15)21(11-10-20(3)4)17(22)14-6-5-7-14;/h8-9,14H,5-7,10-11H2,1-4H3;1H. The fourth-order valence-electron chi connectivity index (χ4n) is 2.81. The number of thiazole rings is 1. The lowest BCUT2D eigenvalue weighted by atomic mass is 9.84. The molecule has 0 spiro atoms. The first-order valence-corrected chi connectivity index (χ1v) is 9.12. The van der Waals surface area contributed by atoms with Crippen molar-refractivity contribution in [3.8, 4) is 0 Å². The quantitative estimate of drug-likeness (QED) is 0.800. The van der Waals surface area contributed by atoms with Crippen LogP contribution in [-0.4, -0.2) is 43.0 Å². The van der Waals surface area contributed by atoms with Gasteiger partial charge in [-0.1, -0.05) is 23.8 Å². The Kier molecular flexibility index (Phi) is 6.23. The number of likely N-dealkylation sites (N-methyl/N-ethyl adjacent to an activating group) is 1. The summed E-state index contributed by atoms with van der Waals surface area (Å²) >= 11 is 1.64. The van der Waals surface area contributed by atoms with E-state index in [0.29, 0.717) is 6.54 Å². The molecule has 24 heavy (non-hydrogen) atoms. The fraction of sp³-hybridized carbons (Fsp3) is 0.556. The summed E-state index contributed by atoms with van der Waals surface area (Å²) in [7, 11) is 4.08. The van der Waals surface area contributed by atoms with Crippen LogP contribution in [0.5, 0.6) is 0 Å². The minimum atomic E-state index is 0. The molecule has 0 N–H and O–H groups in total. The number of nitrogens with zero attached hydrogens (tertiary/aromatic N) is 3. The van der Waals surface area contributed by atoms with E-state index >= 15 is 0 Å². The maximum atomic E-state index is 12.8. The molecule has 0 atom stereocenters. The van der Waals surface area contributed by atoms with Gasteiger partial charge in [0.25, 0.3) is 0 Å². The molecular formula is C18H26ClN3OS. The number of halogens is 1. The number of aromatic nitrogens is 1. The van der Waals surface area contributed by atoms with Gasteiger partial charge >= 0.3 is 0 Å². The number of hydrogen-bond acceptors (Lipinski definition) is 4. The Balaban J connectivity index is 0.00000208.